The predicted molar refractivity (Wildman–Crippen MR) is 124 cm³/mol. The zero-order chi connectivity index (χ0) is 22.2. The summed E-state index contributed by atoms with van der Waals surface area (Å²) in [6.07, 6.45) is 4.27. The SMILES string of the molecule is COc1ccccc1C(=O)NC(CCSC)C(=O)Nc1cccc(NC(=O)C2CC2)c1. The van der Waals surface area contributed by atoms with Gasteiger partial charge in [-0.2, -0.15) is 11.8 Å². The van der Waals surface area contributed by atoms with Gasteiger partial charge in [-0.25, -0.2) is 0 Å². The smallest absolute Gasteiger partial charge is 0.255 e. The monoisotopic (exact) mass is 441 g/mol. The van der Waals surface area contributed by atoms with Crippen molar-refractivity contribution in [1.82, 2.24) is 5.32 Å². The Hall–Kier alpha value is -3.00. The fraction of sp³-hybridized carbons (Fsp3) is 0.348. The Morgan fingerprint density at radius 2 is 1.77 bits per heavy atom. The molecule has 1 unspecified atom stereocenters. The van der Waals surface area contributed by atoms with Gasteiger partial charge in [-0.3, -0.25) is 14.4 Å². The molecule has 2 aromatic rings. The Kier molecular flexibility index (Phi) is 7.94. The van der Waals surface area contributed by atoms with Crippen molar-refractivity contribution >= 4 is 40.9 Å². The molecule has 1 saturated carbocycles. The van der Waals surface area contributed by atoms with Gasteiger partial charge < -0.3 is 20.7 Å². The molecule has 1 fully saturated rings. The number of carbonyl (C=O) groups is 3. The molecule has 0 aromatic heterocycles. The molecule has 8 heteroatoms. The molecule has 2 aromatic carbocycles. The molecule has 3 amide bonds. The lowest BCUT2D eigenvalue weighted by molar-refractivity contribution is -0.118. The zero-order valence-corrected chi connectivity index (χ0v) is 18.5. The molecule has 0 saturated heterocycles. The summed E-state index contributed by atoms with van der Waals surface area (Å²) in [7, 11) is 1.50. The van der Waals surface area contributed by atoms with Gasteiger partial charge in [0.25, 0.3) is 5.91 Å². The fourth-order valence-corrected chi connectivity index (χ4v) is 3.54. The maximum Gasteiger partial charge on any atom is 0.255 e. The Labute approximate surface area is 186 Å². The van der Waals surface area contributed by atoms with E-state index in [1.54, 1.807) is 60.3 Å². The Bertz CT molecular complexity index is 946. The minimum absolute atomic E-state index is 0.00500. The maximum absolute atomic E-state index is 12.9. The van der Waals surface area contributed by atoms with E-state index in [4.69, 9.17) is 4.74 Å². The summed E-state index contributed by atoms with van der Waals surface area (Å²) >= 11 is 1.60. The topological polar surface area (TPSA) is 96.5 Å². The van der Waals surface area contributed by atoms with Gasteiger partial charge in [0.1, 0.15) is 11.8 Å². The maximum atomic E-state index is 12.9. The number of benzene rings is 2. The molecular weight excluding hydrogens is 414 g/mol. The van der Waals surface area contributed by atoms with Crippen LogP contribution in [0.25, 0.3) is 0 Å². The van der Waals surface area contributed by atoms with Gasteiger partial charge in [0, 0.05) is 17.3 Å². The first-order valence-electron chi connectivity index (χ1n) is 10.2. The first-order valence-corrected chi connectivity index (χ1v) is 11.6. The number of rotatable bonds is 10. The number of hydrogen-bond acceptors (Lipinski definition) is 5. The molecule has 1 aliphatic carbocycles. The third kappa shape index (κ3) is 6.49. The van der Waals surface area contributed by atoms with Crippen molar-refractivity contribution in [2.75, 3.05) is 29.8 Å². The summed E-state index contributed by atoms with van der Waals surface area (Å²) in [5.41, 5.74) is 1.56. The lowest BCUT2D eigenvalue weighted by Gasteiger charge is -2.19. The highest BCUT2D eigenvalue weighted by molar-refractivity contribution is 7.98. The molecular formula is C23H27N3O4S. The Morgan fingerprint density at radius 1 is 1.06 bits per heavy atom. The van der Waals surface area contributed by atoms with Crippen LogP contribution in [0.4, 0.5) is 11.4 Å². The third-order valence-corrected chi connectivity index (χ3v) is 5.57. The lowest BCUT2D eigenvalue weighted by Crippen LogP contribution is -2.44. The summed E-state index contributed by atoms with van der Waals surface area (Å²) in [4.78, 5) is 37.7. The van der Waals surface area contributed by atoms with Crippen molar-refractivity contribution in [2.45, 2.75) is 25.3 Å². The first-order chi connectivity index (χ1) is 15.0. The van der Waals surface area contributed by atoms with Crippen LogP contribution in [0, 0.1) is 5.92 Å². The largest absolute Gasteiger partial charge is 0.496 e. The number of thioether (sulfide) groups is 1. The van der Waals surface area contributed by atoms with Crippen LogP contribution in [0.15, 0.2) is 48.5 Å². The van der Waals surface area contributed by atoms with Crippen molar-refractivity contribution in [3.63, 3.8) is 0 Å². The Morgan fingerprint density at radius 3 is 2.45 bits per heavy atom. The number of ether oxygens (including phenoxy) is 1. The number of amides is 3. The van der Waals surface area contributed by atoms with Gasteiger partial charge in [-0.15, -0.1) is 0 Å². The molecule has 7 nitrogen and oxygen atoms in total. The van der Waals surface area contributed by atoms with Crippen molar-refractivity contribution in [3.8, 4) is 5.75 Å². The van der Waals surface area contributed by atoms with E-state index in [1.165, 1.54) is 7.11 Å². The number of para-hydroxylation sites is 1. The highest BCUT2D eigenvalue weighted by atomic mass is 32.2. The normalized spacial score (nSPS) is 13.7. The Balaban J connectivity index is 1.68. The summed E-state index contributed by atoms with van der Waals surface area (Å²) in [6.45, 7) is 0. The van der Waals surface area contributed by atoms with E-state index in [0.717, 1.165) is 12.8 Å². The number of methoxy groups -OCH3 is 1. The molecule has 0 radical (unpaired) electrons. The van der Waals surface area contributed by atoms with Gasteiger partial charge >= 0.3 is 0 Å². The van der Waals surface area contributed by atoms with E-state index in [2.05, 4.69) is 16.0 Å². The molecule has 1 aliphatic rings. The minimum Gasteiger partial charge on any atom is -0.496 e. The second-order valence-corrected chi connectivity index (χ2v) is 8.33. The quantitative estimate of drug-likeness (QED) is 0.524. The zero-order valence-electron chi connectivity index (χ0n) is 17.6. The van der Waals surface area contributed by atoms with Crippen LogP contribution in [0.2, 0.25) is 0 Å². The number of hydrogen-bond donors (Lipinski definition) is 3. The molecule has 164 valence electrons. The molecule has 0 heterocycles. The predicted octanol–water partition coefficient (Wildman–Crippen LogP) is 3.53. The first kappa shape index (κ1) is 22.7. The van der Waals surface area contributed by atoms with E-state index in [9.17, 15) is 14.4 Å². The van der Waals surface area contributed by atoms with Crippen molar-refractivity contribution < 1.29 is 19.1 Å². The average molecular weight is 442 g/mol. The van der Waals surface area contributed by atoms with E-state index >= 15 is 0 Å². The standard InChI is InChI=1S/C23H27N3O4S/c1-30-20-9-4-3-8-18(20)22(28)26-19(12-13-31-2)23(29)25-17-7-5-6-16(14-17)24-21(27)15-10-11-15/h3-9,14-15,19H,10-13H2,1-2H3,(H,24,27)(H,25,29)(H,26,28). The van der Waals surface area contributed by atoms with Crippen LogP contribution in [0.5, 0.6) is 5.75 Å². The molecule has 0 aliphatic heterocycles. The van der Waals surface area contributed by atoms with Gasteiger partial charge in [-0.1, -0.05) is 18.2 Å². The fourth-order valence-electron chi connectivity index (χ4n) is 3.07. The second-order valence-electron chi connectivity index (χ2n) is 7.34. The van der Waals surface area contributed by atoms with Gasteiger partial charge in [0.15, 0.2) is 0 Å². The highest BCUT2D eigenvalue weighted by Crippen LogP contribution is 2.30. The molecule has 1 atom stereocenters. The van der Waals surface area contributed by atoms with E-state index in [1.807, 2.05) is 6.26 Å². The average Bonchev–Trinajstić information content (AvgIpc) is 3.62. The van der Waals surface area contributed by atoms with E-state index in [0.29, 0.717) is 34.9 Å². The molecule has 31 heavy (non-hydrogen) atoms. The van der Waals surface area contributed by atoms with Gasteiger partial charge in [0.05, 0.1) is 12.7 Å². The highest BCUT2D eigenvalue weighted by Gasteiger charge is 2.29. The summed E-state index contributed by atoms with van der Waals surface area (Å²) in [6, 6.07) is 13.2. The van der Waals surface area contributed by atoms with Crippen molar-refractivity contribution in [1.29, 1.82) is 0 Å². The molecule has 3 rings (SSSR count). The van der Waals surface area contributed by atoms with Crippen LogP contribution in [-0.2, 0) is 9.59 Å². The van der Waals surface area contributed by atoms with Crippen molar-refractivity contribution in [3.05, 3.63) is 54.1 Å². The molecule has 0 bridgehead atoms. The molecule has 3 N–H and O–H groups in total. The minimum atomic E-state index is -0.713. The number of carbonyl (C=O) groups excluding carboxylic acids is 3. The summed E-state index contributed by atoms with van der Waals surface area (Å²) in [5, 5.41) is 8.54. The van der Waals surface area contributed by atoms with E-state index in [-0.39, 0.29) is 23.6 Å². The summed E-state index contributed by atoms with van der Waals surface area (Å²) < 4.78 is 5.25. The van der Waals surface area contributed by atoms with Crippen LogP contribution >= 0.6 is 11.8 Å². The van der Waals surface area contributed by atoms with Crippen LogP contribution in [-0.4, -0.2) is 42.9 Å². The van der Waals surface area contributed by atoms with Crippen LogP contribution < -0.4 is 20.7 Å². The molecule has 0 spiro atoms. The number of nitrogens with one attached hydrogen (secondary N) is 3. The van der Waals surface area contributed by atoms with Crippen LogP contribution in [0.1, 0.15) is 29.6 Å². The van der Waals surface area contributed by atoms with E-state index < -0.39 is 6.04 Å². The van der Waals surface area contributed by atoms with Gasteiger partial charge in [0.2, 0.25) is 11.8 Å². The number of anilines is 2. The second kappa shape index (κ2) is 10.9. The van der Waals surface area contributed by atoms with Gasteiger partial charge in [-0.05, 0) is 61.6 Å². The van der Waals surface area contributed by atoms with Crippen molar-refractivity contribution in [2.24, 2.45) is 5.92 Å². The lowest BCUT2D eigenvalue weighted by atomic mass is 10.1. The summed E-state index contributed by atoms with van der Waals surface area (Å²) in [5.74, 6) is 0.571. The van der Waals surface area contributed by atoms with Crippen LogP contribution in [0.3, 0.4) is 0 Å². The third-order valence-electron chi connectivity index (χ3n) is 4.93.